The predicted octanol–water partition coefficient (Wildman–Crippen LogP) is 2.08. The Morgan fingerprint density at radius 2 is 2.14 bits per heavy atom. The van der Waals surface area contributed by atoms with Crippen molar-refractivity contribution >= 4 is 16.7 Å². The first-order chi connectivity index (χ1) is 6.66. The molecule has 0 aliphatic carbocycles. The molecule has 0 saturated carbocycles. The molecule has 0 saturated heterocycles. The number of hydrogen-bond acceptors (Lipinski definition) is 3. The van der Waals surface area contributed by atoms with Gasteiger partial charge in [-0.25, -0.2) is 0 Å². The fourth-order valence-corrected chi connectivity index (χ4v) is 1.56. The van der Waals surface area contributed by atoms with Gasteiger partial charge in [-0.3, -0.25) is 0 Å². The second kappa shape index (κ2) is 3.35. The van der Waals surface area contributed by atoms with Gasteiger partial charge in [0.1, 0.15) is 5.58 Å². The van der Waals surface area contributed by atoms with Crippen molar-refractivity contribution in [2.45, 2.75) is 6.54 Å². The number of rotatable bonds is 2. The van der Waals surface area contributed by atoms with Gasteiger partial charge in [0.15, 0.2) is 0 Å². The molecule has 0 radical (unpaired) electrons. The highest BCUT2D eigenvalue weighted by molar-refractivity contribution is 5.83. The molecular weight excluding hydrogens is 176 g/mol. The molecule has 1 aromatic carbocycles. The zero-order valence-corrected chi connectivity index (χ0v) is 8.45. The predicted molar refractivity (Wildman–Crippen MR) is 58.0 cm³/mol. The maximum absolute atomic E-state index is 5.66. The molecule has 0 amide bonds. The molecule has 0 unspecified atom stereocenters. The lowest BCUT2D eigenvalue weighted by molar-refractivity contribution is 0.401. The first kappa shape index (κ1) is 9.09. The SMILES string of the molecule is CN(C)Cc1coc2cc(N)ccc12. The van der Waals surface area contributed by atoms with Crippen LogP contribution in [0.15, 0.2) is 28.9 Å². The molecule has 0 atom stereocenters. The highest BCUT2D eigenvalue weighted by Crippen LogP contribution is 2.23. The van der Waals surface area contributed by atoms with Crippen molar-refractivity contribution in [3.8, 4) is 0 Å². The van der Waals surface area contributed by atoms with Gasteiger partial charge in [0.25, 0.3) is 0 Å². The lowest BCUT2D eigenvalue weighted by atomic mass is 10.1. The van der Waals surface area contributed by atoms with Crippen molar-refractivity contribution in [3.63, 3.8) is 0 Å². The van der Waals surface area contributed by atoms with Crippen LogP contribution in [0.5, 0.6) is 0 Å². The maximum Gasteiger partial charge on any atom is 0.136 e. The minimum atomic E-state index is 0.739. The van der Waals surface area contributed by atoms with Gasteiger partial charge < -0.3 is 15.1 Å². The van der Waals surface area contributed by atoms with E-state index in [0.717, 1.165) is 23.2 Å². The lowest BCUT2D eigenvalue weighted by Crippen LogP contribution is -2.09. The summed E-state index contributed by atoms with van der Waals surface area (Å²) >= 11 is 0. The number of anilines is 1. The summed E-state index contributed by atoms with van der Waals surface area (Å²) in [6.45, 7) is 0.886. The van der Waals surface area contributed by atoms with Gasteiger partial charge in [-0.15, -0.1) is 0 Å². The summed E-state index contributed by atoms with van der Waals surface area (Å²) in [6.07, 6.45) is 1.80. The van der Waals surface area contributed by atoms with Crippen molar-refractivity contribution in [2.24, 2.45) is 0 Å². The normalized spacial score (nSPS) is 11.4. The van der Waals surface area contributed by atoms with E-state index in [1.807, 2.05) is 32.3 Å². The largest absolute Gasteiger partial charge is 0.464 e. The molecule has 0 aliphatic rings. The van der Waals surface area contributed by atoms with Gasteiger partial charge >= 0.3 is 0 Å². The van der Waals surface area contributed by atoms with E-state index in [-0.39, 0.29) is 0 Å². The Kier molecular flexibility index (Phi) is 2.17. The monoisotopic (exact) mass is 190 g/mol. The lowest BCUT2D eigenvalue weighted by Gasteiger charge is -2.06. The molecule has 2 rings (SSSR count). The van der Waals surface area contributed by atoms with E-state index in [0.29, 0.717) is 0 Å². The van der Waals surface area contributed by atoms with Crippen LogP contribution in [0.3, 0.4) is 0 Å². The minimum Gasteiger partial charge on any atom is -0.464 e. The summed E-state index contributed by atoms with van der Waals surface area (Å²) in [5, 5.41) is 1.15. The first-order valence-electron chi connectivity index (χ1n) is 4.57. The number of furan rings is 1. The molecule has 0 spiro atoms. The average Bonchev–Trinajstić information content (AvgIpc) is 2.47. The van der Waals surface area contributed by atoms with Crippen LogP contribution in [-0.4, -0.2) is 19.0 Å². The molecule has 1 aromatic heterocycles. The fourth-order valence-electron chi connectivity index (χ4n) is 1.56. The van der Waals surface area contributed by atoms with Crippen LogP contribution < -0.4 is 5.73 Å². The van der Waals surface area contributed by atoms with Gasteiger partial charge in [0.05, 0.1) is 6.26 Å². The number of nitrogens with two attached hydrogens (primary N) is 1. The standard InChI is InChI=1S/C11H14N2O/c1-13(2)6-8-7-14-11-5-9(12)3-4-10(8)11/h3-5,7H,6,12H2,1-2H3. The second-order valence-corrected chi connectivity index (χ2v) is 3.75. The van der Waals surface area contributed by atoms with E-state index in [1.54, 1.807) is 6.26 Å². The van der Waals surface area contributed by atoms with Crippen LogP contribution in [0, 0.1) is 0 Å². The van der Waals surface area contributed by atoms with E-state index < -0.39 is 0 Å². The summed E-state index contributed by atoms with van der Waals surface area (Å²) < 4.78 is 5.42. The van der Waals surface area contributed by atoms with E-state index in [1.165, 1.54) is 5.56 Å². The topological polar surface area (TPSA) is 42.4 Å². The van der Waals surface area contributed by atoms with Crippen LogP contribution in [0.2, 0.25) is 0 Å². The Bertz CT molecular complexity index is 445. The maximum atomic E-state index is 5.66. The Morgan fingerprint density at radius 3 is 2.86 bits per heavy atom. The third-order valence-electron chi connectivity index (χ3n) is 2.17. The van der Waals surface area contributed by atoms with E-state index >= 15 is 0 Å². The summed E-state index contributed by atoms with van der Waals surface area (Å²) in [5.41, 5.74) is 8.46. The van der Waals surface area contributed by atoms with E-state index in [4.69, 9.17) is 10.2 Å². The molecule has 0 fully saturated rings. The fraction of sp³-hybridized carbons (Fsp3) is 0.273. The molecule has 1 heterocycles. The molecule has 0 bridgehead atoms. The Labute approximate surface area is 83.1 Å². The molecule has 14 heavy (non-hydrogen) atoms. The molecule has 3 nitrogen and oxygen atoms in total. The van der Waals surface area contributed by atoms with Gasteiger partial charge in [-0.05, 0) is 26.2 Å². The van der Waals surface area contributed by atoms with Crippen molar-refractivity contribution < 1.29 is 4.42 Å². The zero-order chi connectivity index (χ0) is 10.1. The van der Waals surface area contributed by atoms with Crippen LogP contribution in [0.1, 0.15) is 5.56 Å². The van der Waals surface area contributed by atoms with Gasteiger partial charge in [-0.2, -0.15) is 0 Å². The minimum absolute atomic E-state index is 0.739. The van der Waals surface area contributed by atoms with Crippen molar-refractivity contribution in [1.82, 2.24) is 4.90 Å². The van der Waals surface area contributed by atoms with Crippen molar-refractivity contribution in [3.05, 3.63) is 30.0 Å². The number of fused-ring (bicyclic) bond motifs is 1. The zero-order valence-electron chi connectivity index (χ0n) is 8.45. The molecule has 2 N–H and O–H groups in total. The molecule has 0 aliphatic heterocycles. The van der Waals surface area contributed by atoms with Crippen LogP contribution in [0.25, 0.3) is 11.0 Å². The Balaban J connectivity index is 2.47. The Hall–Kier alpha value is -1.48. The molecule has 74 valence electrons. The average molecular weight is 190 g/mol. The number of nitrogen functional groups attached to an aromatic ring is 1. The number of nitrogens with zero attached hydrogens (tertiary/aromatic N) is 1. The quantitative estimate of drug-likeness (QED) is 0.737. The van der Waals surface area contributed by atoms with E-state index in [2.05, 4.69) is 4.90 Å². The second-order valence-electron chi connectivity index (χ2n) is 3.75. The van der Waals surface area contributed by atoms with E-state index in [9.17, 15) is 0 Å². The summed E-state index contributed by atoms with van der Waals surface area (Å²) in [7, 11) is 4.08. The van der Waals surface area contributed by atoms with Crippen molar-refractivity contribution in [2.75, 3.05) is 19.8 Å². The van der Waals surface area contributed by atoms with Gasteiger partial charge in [0.2, 0.25) is 0 Å². The van der Waals surface area contributed by atoms with Crippen molar-refractivity contribution in [1.29, 1.82) is 0 Å². The number of benzene rings is 1. The van der Waals surface area contributed by atoms with Crippen LogP contribution in [-0.2, 0) is 6.54 Å². The summed E-state index contributed by atoms with van der Waals surface area (Å²) in [5.74, 6) is 0. The van der Waals surface area contributed by atoms with Gasteiger partial charge in [0, 0.05) is 29.2 Å². The highest BCUT2D eigenvalue weighted by Gasteiger charge is 2.06. The third-order valence-corrected chi connectivity index (χ3v) is 2.17. The first-order valence-corrected chi connectivity index (χ1v) is 4.57. The molecular formula is C11H14N2O. The summed E-state index contributed by atoms with van der Waals surface area (Å²) in [4.78, 5) is 2.11. The molecule has 2 aromatic rings. The highest BCUT2D eigenvalue weighted by atomic mass is 16.3. The molecule has 3 heteroatoms. The van der Waals surface area contributed by atoms with Crippen LogP contribution >= 0.6 is 0 Å². The summed E-state index contributed by atoms with van der Waals surface area (Å²) in [6, 6.07) is 5.76. The third kappa shape index (κ3) is 1.59. The Morgan fingerprint density at radius 1 is 1.36 bits per heavy atom. The number of hydrogen-bond donors (Lipinski definition) is 1. The van der Waals surface area contributed by atoms with Gasteiger partial charge in [-0.1, -0.05) is 0 Å². The van der Waals surface area contributed by atoms with Crippen LogP contribution in [0.4, 0.5) is 5.69 Å². The smallest absolute Gasteiger partial charge is 0.136 e.